The van der Waals surface area contributed by atoms with Crippen LogP contribution in [0.4, 0.5) is 0 Å². The van der Waals surface area contributed by atoms with Gasteiger partial charge in [-0.2, -0.15) is 0 Å². The first-order valence-electron chi connectivity index (χ1n) is 7.50. The predicted octanol–water partition coefficient (Wildman–Crippen LogP) is 0.836. The number of likely N-dealkylation sites (N-methyl/N-ethyl adjacent to an activating group) is 1. The number of carbonyl (C=O) groups excluding carboxylic acids is 2. The molecular weight excluding hydrogens is 270 g/mol. The summed E-state index contributed by atoms with van der Waals surface area (Å²) in [4.78, 5) is 27.8. The summed E-state index contributed by atoms with van der Waals surface area (Å²) in [7, 11) is 1.75. The van der Waals surface area contributed by atoms with E-state index < -0.39 is 6.04 Å². The van der Waals surface area contributed by atoms with Crippen molar-refractivity contribution in [3.8, 4) is 0 Å². The van der Waals surface area contributed by atoms with Gasteiger partial charge in [-0.1, -0.05) is 0 Å². The Hall–Kier alpha value is -1.82. The first-order valence-corrected chi connectivity index (χ1v) is 7.50. The summed E-state index contributed by atoms with van der Waals surface area (Å²) in [5.41, 5.74) is 0. The van der Waals surface area contributed by atoms with E-state index >= 15 is 0 Å². The summed E-state index contributed by atoms with van der Waals surface area (Å²) < 4.78 is 5.60. The number of likely N-dealkylation sites (tertiary alicyclic amines) is 2. The second kappa shape index (κ2) is 5.89. The van der Waals surface area contributed by atoms with E-state index in [4.69, 9.17) is 4.42 Å². The van der Waals surface area contributed by atoms with Gasteiger partial charge in [-0.15, -0.1) is 0 Å². The van der Waals surface area contributed by atoms with Crippen molar-refractivity contribution in [2.45, 2.75) is 31.8 Å². The van der Waals surface area contributed by atoms with Crippen molar-refractivity contribution < 1.29 is 14.0 Å². The molecule has 0 radical (unpaired) electrons. The Labute approximate surface area is 124 Å². The molecule has 114 valence electrons. The summed E-state index contributed by atoms with van der Waals surface area (Å²) in [5, 5.41) is 2.74. The van der Waals surface area contributed by atoms with Gasteiger partial charge in [0.05, 0.1) is 6.54 Å². The van der Waals surface area contributed by atoms with Crippen molar-refractivity contribution in [1.29, 1.82) is 0 Å². The van der Waals surface area contributed by atoms with Crippen LogP contribution in [-0.4, -0.2) is 54.3 Å². The highest BCUT2D eigenvalue weighted by molar-refractivity contribution is 5.96. The Bertz CT molecular complexity index is 534. The normalized spacial score (nSPS) is 23.0. The molecule has 0 saturated carbocycles. The molecule has 2 amide bonds. The number of nitrogens with zero attached hydrogens (tertiary/aromatic N) is 2. The van der Waals surface area contributed by atoms with Gasteiger partial charge in [0.1, 0.15) is 11.8 Å². The van der Waals surface area contributed by atoms with Gasteiger partial charge in [0, 0.05) is 13.6 Å². The highest BCUT2D eigenvalue weighted by Crippen LogP contribution is 2.16. The van der Waals surface area contributed by atoms with E-state index in [-0.39, 0.29) is 17.6 Å². The summed E-state index contributed by atoms with van der Waals surface area (Å²) in [6.45, 7) is 3.61. The molecular formula is C15H21N3O3. The smallest absolute Gasteiger partial charge is 0.287 e. The molecule has 1 atom stereocenters. The molecule has 0 aromatic carbocycles. The van der Waals surface area contributed by atoms with Gasteiger partial charge < -0.3 is 14.6 Å². The highest BCUT2D eigenvalue weighted by Gasteiger charge is 2.31. The number of rotatable bonds is 4. The average molecular weight is 291 g/mol. The quantitative estimate of drug-likeness (QED) is 0.892. The fourth-order valence-corrected chi connectivity index (χ4v) is 2.93. The van der Waals surface area contributed by atoms with Crippen molar-refractivity contribution in [2.75, 3.05) is 26.7 Å². The maximum Gasteiger partial charge on any atom is 0.287 e. The fourth-order valence-electron chi connectivity index (χ4n) is 2.93. The van der Waals surface area contributed by atoms with Crippen LogP contribution in [0.5, 0.6) is 0 Å². The molecule has 0 unspecified atom stereocenters. The molecule has 3 rings (SSSR count). The van der Waals surface area contributed by atoms with E-state index in [1.165, 1.54) is 12.8 Å². The van der Waals surface area contributed by atoms with Crippen LogP contribution in [0.3, 0.4) is 0 Å². The van der Waals surface area contributed by atoms with Crippen LogP contribution in [0, 0.1) is 0 Å². The minimum Gasteiger partial charge on any atom is -0.455 e. The number of nitrogens with one attached hydrogen (secondary N) is 1. The molecule has 3 heterocycles. The number of carbonyl (C=O) groups is 2. The SMILES string of the molecule is CN1CC[C@H](NC(=O)c2ccc(CN3CCCC3)o2)C1=O. The summed E-state index contributed by atoms with van der Waals surface area (Å²) in [6.07, 6.45) is 3.11. The Kier molecular flexibility index (Phi) is 3.96. The molecule has 2 aliphatic rings. The van der Waals surface area contributed by atoms with Crippen LogP contribution in [0.15, 0.2) is 16.5 Å². The molecule has 2 saturated heterocycles. The van der Waals surface area contributed by atoms with Gasteiger partial charge in [0.15, 0.2) is 5.76 Å². The average Bonchev–Trinajstić information content (AvgIpc) is 3.18. The molecule has 1 aromatic heterocycles. The number of amides is 2. The topological polar surface area (TPSA) is 65.8 Å². The van der Waals surface area contributed by atoms with Gasteiger partial charge in [-0.05, 0) is 44.5 Å². The van der Waals surface area contributed by atoms with E-state index in [9.17, 15) is 9.59 Å². The molecule has 0 aliphatic carbocycles. The van der Waals surface area contributed by atoms with Gasteiger partial charge >= 0.3 is 0 Å². The number of furan rings is 1. The standard InChI is InChI=1S/C15H21N3O3/c1-17-9-6-12(15(17)20)16-14(19)13-5-4-11(21-13)10-18-7-2-3-8-18/h4-5,12H,2-3,6-10H2,1H3,(H,16,19)/t12-/m0/s1. The third-order valence-corrected chi connectivity index (χ3v) is 4.20. The van der Waals surface area contributed by atoms with E-state index in [0.29, 0.717) is 13.0 Å². The summed E-state index contributed by atoms with van der Waals surface area (Å²) >= 11 is 0. The van der Waals surface area contributed by atoms with Gasteiger partial charge in [0.2, 0.25) is 5.91 Å². The van der Waals surface area contributed by atoms with E-state index in [0.717, 1.165) is 25.4 Å². The Balaban J connectivity index is 1.57. The zero-order chi connectivity index (χ0) is 14.8. The lowest BCUT2D eigenvalue weighted by molar-refractivity contribution is -0.128. The maximum absolute atomic E-state index is 12.1. The Morgan fingerprint density at radius 2 is 2.10 bits per heavy atom. The minimum atomic E-state index is -0.422. The van der Waals surface area contributed by atoms with E-state index in [1.807, 2.05) is 6.07 Å². The highest BCUT2D eigenvalue weighted by atomic mass is 16.4. The third kappa shape index (κ3) is 3.10. The van der Waals surface area contributed by atoms with Crippen molar-refractivity contribution >= 4 is 11.8 Å². The van der Waals surface area contributed by atoms with Crippen LogP contribution < -0.4 is 5.32 Å². The lowest BCUT2D eigenvalue weighted by Gasteiger charge is -2.12. The first kappa shape index (κ1) is 14.1. The molecule has 1 aromatic rings. The van der Waals surface area contributed by atoms with E-state index in [1.54, 1.807) is 18.0 Å². The van der Waals surface area contributed by atoms with Crippen LogP contribution in [0.1, 0.15) is 35.6 Å². The van der Waals surface area contributed by atoms with Crippen molar-refractivity contribution in [2.24, 2.45) is 0 Å². The monoisotopic (exact) mass is 291 g/mol. The van der Waals surface area contributed by atoms with Crippen molar-refractivity contribution in [3.63, 3.8) is 0 Å². The molecule has 0 bridgehead atoms. The zero-order valence-electron chi connectivity index (χ0n) is 12.3. The number of hydrogen-bond donors (Lipinski definition) is 1. The minimum absolute atomic E-state index is 0.0350. The lowest BCUT2D eigenvalue weighted by atomic mass is 10.2. The third-order valence-electron chi connectivity index (χ3n) is 4.20. The van der Waals surface area contributed by atoms with Crippen LogP contribution >= 0.6 is 0 Å². The molecule has 2 fully saturated rings. The molecule has 6 nitrogen and oxygen atoms in total. The molecule has 1 N–H and O–H groups in total. The zero-order valence-corrected chi connectivity index (χ0v) is 12.3. The Morgan fingerprint density at radius 1 is 1.33 bits per heavy atom. The number of hydrogen-bond acceptors (Lipinski definition) is 4. The molecule has 0 spiro atoms. The fraction of sp³-hybridized carbons (Fsp3) is 0.600. The lowest BCUT2D eigenvalue weighted by Crippen LogP contribution is -2.40. The summed E-state index contributed by atoms with van der Waals surface area (Å²) in [6, 6.07) is 3.11. The van der Waals surface area contributed by atoms with Gasteiger partial charge in [-0.25, -0.2) is 0 Å². The molecule has 2 aliphatic heterocycles. The van der Waals surface area contributed by atoms with Crippen molar-refractivity contribution in [3.05, 3.63) is 23.7 Å². The summed E-state index contributed by atoms with van der Waals surface area (Å²) in [5.74, 6) is 0.743. The van der Waals surface area contributed by atoms with Crippen LogP contribution in [-0.2, 0) is 11.3 Å². The van der Waals surface area contributed by atoms with Crippen molar-refractivity contribution in [1.82, 2.24) is 15.1 Å². The van der Waals surface area contributed by atoms with Crippen LogP contribution in [0.2, 0.25) is 0 Å². The predicted molar refractivity (Wildman–Crippen MR) is 76.7 cm³/mol. The first-order chi connectivity index (χ1) is 10.1. The molecule has 21 heavy (non-hydrogen) atoms. The maximum atomic E-state index is 12.1. The van der Waals surface area contributed by atoms with Gasteiger partial charge in [-0.3, -0.25) is 14.5 Å². The molecule has 6 heteroatoms. The van der Waals surface area contributed by atoms with Gasteiger partial charge in [0.25, 0.3) is 5.91 Å². The Morgan fingerprint density at radius 3 is 2.76 bits per heavy atom. The van der Waals surface area contributed by atoms with Crippen LogP contribution in [0.25, 0.3) is 0 Å². The second-order valence-corrected chi connectivity index (χ2v) is 5.82. The van der Waals surface area contributed by atoms with E-state index in [2.05, 4.69) is 10.2 Å². The second-order valence-electron chi connectivity index (χ2n) is 5.82. The largest absolute Gasteiger partial charge is 0.455 e.